The second-order valence-electron chi connectivity index (χ2n) is 9.00. The monoisotopic (exact) mass is 499 g/mol. The van der Waals surface area contributed by atoms with Crippen molar-refractivity contribution in [3.63, 3.8) is 0 Å². The summed E-state index contributed by atoms with van der Waals surface area (Å²) in [7, 11) is 0. The second kappa shape index (κ2) is 10.8. The van der Waals surface area contributed by atoms with E-state index in [0.29, 0.717) is 49.5 Å². The van der Waals surface area contributed by atoms with Crippen molar-refractivity contribution in [3.05, 3.63) is 102 Å². The van der Waals surface area contributed by atoms with Crippen LogP contribution in [0.15, 0.2) is 79.0 Å². The van der Waals surface area contributed by atoms with Gasteiger partial charge < -0.3 is 15.6 Å². The number of hydrogen-bond acceptors (Lipinski definition) is 6. The Morgan fingerprint density at radius 3 is 2.57 bits per heavy atom. The fourth-order valence-corrected chi connectivity index (χ4v) is 4.39. The minimum absolute atomic E-state index is 0.143. The van der Waals surface area contributed by atoms with Crippen molar-refractivity contribution in [3.8, 4) is 22.8 Å². The predicted molar refractivity (Wildman–Crippen MR) is 138 cm³/mol. The van der Waals surface area contributed by atoms with E-state index in [-0.39, 0.29) is 17.4 Å². The van der Waals surface area contributed by atoms with Crippen molar-refractivity contribution in [2.75, 3.05) is 18.5 Å². The average Bonchev–Trinajstić information content (AvgIpc) is 3.22. The lowest BCUT2D eigenvalue weighted by Gasteiger charge is -2.09. The summed E-state index contributed by atoms with van der Waals surface area (Å²) in [6.07, 6.45) is 3.18. The molecule has 0 radical (unpaired) electrons. The first-order valence-corrected chi connectivity index (χ1v) is 12.2. The maximum atomic E-state index is 14.6. The molecular formula is C29H28FN4O3+. The van der Waals surface area contributed by atoms with Gasteiger partial charge in [0.2, 0.25) is 0 Å². The van der Waals surface area contributed by atoms with Crippen LogP contribution in [0.4, 0.5) is 10.2 Å². The quantitative estimate of drug-likeness (QED) is 0.239. The molecule has 7 nitrogen and oxygen atoms in total. The zero-order chi connectivity index (χ0) is 25.8. The Morgan fingerprint density at radius 2 is 1.84 bits per heavy atom. The zero-order valence-electron chi connectivity index (χ0n) is 20.2. The van der Waals surface area contributed by atoms with Crippen LogP contribution in [-0.4, -0.2) is 35.2 Å². The molecule has 4 aromatic rings. The van der Waals surface area contributed by atoms with Gasteiger partial charge in [0.15, 0.2) is 17.6 Å². The molecule has 0 saturated heterocycles. The van der Waals surface area contributed by atoms with Gasteiger partial charge in [-0.3, -0.25) is 5.32 Å². The van der Waals surface area contributed by atoms with Gasteiger partial charge in [-0.25, -0.2) is 14.2 Å². The lowest BCUT2D eigenvalue weighted by atomic mass is 10.1. The third-order valence-corrected chi connectivity index (χ3v) is 6.29. The molecule has 1 unspecified atom stereocenters. The number of nitrogens with zero attached hydrogens (tertiary/aromatic N) is 2. The molecule has 3 aromatic carbocycles. The lowest BCUT2D eigenvalue weighted by Crippen LogP contribution is -2.44. The first kappa shape index (κ1) is 24.4. The summed E-state index contributed by atoms with van der Waals surface area (Å²) in [5.74, 6) is 0.349. The molecule has 37 heavy (non-hydrogen) atoms. The molecule has 1 aliphatic heterocycles. The van der Waals surface area contributed by atoms with Crippen LogP contribution in [0.25, 0.3) is 11.3 Å². The molecule has 0 bridgehead atoms. The number of anilines is 1. The minimum atomic E-state index is -0.574. The summed E-state index contributed by atoms with van der Waals surface area (Å²) in [5, 5.41) is 13.0. The van der Waals surface area contributed by atoms with Crippen molar-refractivity contribution < 1.29 is 23.6 Å². The van der Waals surface area contributed by atoms with Gasteiger partial charge in [0, 0.05) is 18.4 Å². The third-order valence-electron chi connectivity index (χ3n) is 6.29. The average molecular weight is 500 g/mol. The molecule has 0 aliphatic carbocycles. The molecule has 4 N–H and O–H groups in total. The number of ether oxygens (including phenoxy) is 1. The highest BCUT2D eigenvalue weighted by Crippen LogP contribution is 2.27. The van der Waals surface area contributed by atoms with Crippen LogP contribution in [-0.2, 0) is 12.8 Å². The Labute approximate surface area is 214 Å². The molecule has 1 atom stereocenters. The number of phenols is 1. The number of benzene rings is 3. The first-order valence-electron chi connectivity index (χ1n) is 12.2. The molecule has 1 aromatic heterocycles. The Bertz CT molecular complexity index is 1410. The third kappa shape index (κ3) is 5.44. The van der Waals surface area contributed by atoms with Gasteiger partial charge in [-0.05, 0) is 60.5 Å². The van der Waals surface area contributed by atoms with E-state index < -0.39 is 11.9 Å². The van der Waals surface area contributed by atoms with E-state index >= 15 is 0 Å². The van der Waals surface area contributed by atoms with E-state index in [1.807, 2.05) is 30.3 Å². The van der Waals surface area contributed by atoms with E-state index in [1.165, 1.54) is 6.07 Å². The fraction of sp³-hybridized carbons (Fsp3) is 0.207. The SMILES string of the molecule is NCCCOc1ccc(CC2Nc3c(Cc4ccccc4)nc(-c4ccc(O)cc4)c[n+]3C2=O)cc1F. The summed E-state index contributed by atoms with van der Waals surface area (Å²) in [6.45, 7) is 0.824. The lowest BCUT2D eigenvalue weighted by molar-refractivity contribution is -0.552. The highest BCUT2D eigenvalue weighted by Gasteiger charge is 2.41. The first-order chi connectivity index (χ1) is 18.0. The van der Waals surface area contributed by atoms with Crippen LogP contribution in [0.3, 0.4) is 0 Å². The normalized spacial score (nSPS) is 14.3. The Hall–Kier alpha value is -4.30. The highest BCUT2D eigenvalue weighted by atomic mass is 19.1. The van der Waals surface area contributed by atoms with Crippen LogP contribution in [0.1, 0.15) is 28.0 Å². The van der Waals surface area contributed by atoms with Crippen molar-refractivity contribution in [1.29, 1.82) is 0 Å². The largest absolute Gasteiger partial charge is 0.508 e. The number of rotatable bonds is 9. The summed E-state index contributed by atoms with van der Waals surface area (Å²) in [5.41, 5.74) is 9.34. The van der Waals surface area contributed by atoms with Crippen molar-refractivity contribution in [1.82, 2.24) is 4.98 Å². The van der Waals surface area contributed by atoms with Crippen LogP contribution in [0.5, 0.6) is 11.5 Å². The maximum absolute atomic E-state index is 14.6. The summed E-state index contributed by atoms with van der Waals surface area (Å²) in [6, 6.07) is 20.8. The molecule has 0 fully saturated rings. The summed E-state index contributed by atoms with van der Waals surface area (Å²) in [4.78, 5) is 18.3. The van der Waals surface area contributed by atoms with E-state index in [1.54, 1.807) is 47.2 Å². The summed E-state index contributed by atoms with van der Waals surface area (Å²) >= 11 is 0. The highest BCUT2D eigenvalue weighted by molar-refractivity contribution is 5.82. The van der Waals surface area contributed by atoms with E-state index in [4.69, 9.17) is 15.5 Å². The number of nitrogens with one attached hydrogen (secondary N) is 1. The standard InChI is InChI=1S/C29H27FN4O3/c30-23-15-20(7-12-27(23)37-14-4-13-31)17-25-29(36)34-18-26(21-8-10-22(35)11-9-21)32-24(28(34)33-25)16-19-5-2-1-3-6-19/h1-3,5-12,15,18,25,35H,4,13-14,16-17,31H2/p+1. The van der Waals surface area contributed by atoms with Gasteiger partial charge in [-0.15, -0.1) is 0 Å². The number of carbonyl (C=O) groups excluding carboxylic acids is 1. The van der Waals surface area contributed by atoms with Gasteiger partial charge in [-0.1, -0.05) is 36.4 Å². The molecule has 2 heterocycles. The van der Waals surface area contributed by atoms with Gasteiger partial charge in [-0.2, -0.15) is 4.57 Å². The van der Waals surface area contributed by atoms with Crippen molar-refractivity contribution in [2.24, 2.45) is 5.73 Å². The maximum Gasteiger partial charge on any atom is 0.359 e. The molecule has 1 aliphatic rings. The van der Waals surface area contributed by atoms with Crippen LogP contribution < -0.4 is 20.4 Å². The molecule has 0 amide bonds. The van der Waals surface area contributed by atoms with Crippen molar-refractivity contribution >= 4 is 11.7 Å². The molecule has 188 valence electrons. The Morgan fingerprint density at radius 1 is 1.05 bits per heavy atom. The zero-order valence-corrected chi connectivity index (χ0v) is 20.2. The Balaban J connectivity index is 1.43. The fourth-order valence-electron chi connectivity index (χ4n) is 4.39. The van der Waals surface area contributed by atoms with Crippen LogP contribution in [0.2, 0.25) is 0 Å². The van der Waals surface area contributed by atoms with Crippen LogP contribution >= 0.6 is 0 Å². The number of halogens is 1. The number of carbonyl (C=O) groups is 1. The van der Waals surface area contributed by atoms with Gasteiger partial charge in [0.05, 0.1) is 6.61 Å². The predicted octanol–water partition coefficient (Wildman–Crippen LogP) is 3.88. The second-order valence-corrected chi connectivity index (χ2v) is 9.00. The molecular weight excluding hydrogens is 471 g/mol. The minimum Gasteiger partial charge on any atom is -0.508 e. The smallest absolute Gasteiger partial charge is 0.359 e. The van der Waals surface area contributed by atoms with Crippen molar-refractivity contribution in [2.45, 2.75) is 25.3 Å². The van der Waals surface area contributed by atoms with Crippen LogP contribution in [0, 0.1) is 5.82 Å². The Kier molecular flexibility index (Phi) is 7.09. The number of nitrogens with two attached hydrogens (primary N) is 1. The van der Waals surface area contributed by atoms with Gasteiger partial charge in [0.1, 0.15) is 23.3 Å². The molecule has 0 saturated carbocycles. The number of aromatic hydroxyl groups is 1. The van der Waals surface area contributed by atoms with Gasteiger partial charge >= 0.3 is 11.7 Å². The van der Waals surface area contributed by atoms with E-state index in [0.717, 1.165) is 16.8 Å². The molecule has 5 rings (SSSR count). The van der Waals surface area contributed by atoms with E-state index in [2.05, 4.69) is 5.32 Å². The number of aromatic nitrogens is 2. The topological polar surface area (TPSA) is 101 Å². The number of hydrogen-bond donors (Lipinski definition) is 3. The molecule has 0 spiro atoms. The summed E-state index contributed by atoms with van der Waals surface area (Å²) < 4.78 is 21.6. The molecule has 8 heteroatoms. The number of phenolic OH excluding ortho intramolecular Hbond substituents is 1. The van der Waals surface area contributed by atoms with E-state index in [9.17, 15) is 14.3 Å². The number of fused-ring (bicyclic) bond motifs is 1. The van der Waals surface area contributed by atoms with Gasteiger partial charge in [0.25, 0.3) is 0 Å².